The van der Waals surface area contributed by atoms with E-state index >= 15 is 0 Å². The van der Waals surface area contributed by atoms with Crippen molar-refractivity contribution in [2.75, 3.05) is 0 Å². The lowest BCUT2D eigenvalue weighted by molar-refractivity contribution is 0.548. The zero-order chi connectivity index (χ0) is 13.8. The van der Waals surface area contributed by atoms with Crippen molar-refractivity contribution in [2.24, 2.45) is 5.84 Å². The number of hydrogen-bond acceptors (Lipinski definition) is 2. The molecule has 0 aromatic heterocycles. The highest BCUT2D eigenvalue weighted by Gasteiger charge is 2.11. The summed E-state index contributed by atoms with van der Waals surface area (Å²) in [5.74, 6) is 5.36. The van der Waals surface area contributed by atoms with Gasteiger partial charge in [-0.25, -0.2) is 4.39 Å². The van der Waals surface area contributed by atoms with Crippen molar-refractivity contribution < 1.29 is 4.39 Å². The standard InChI is InChI=1S/C14H13BrFIN2/c15-11-5-9(6-12(16)8-11)7-14(19-18)10-1-3-13(17)4-2-10/h1-6,8,14,19H,7,18H2. The molecule has 0 aliphatic heterocycles. The molecule has 2 aromatic carbocycles. The third-order valence-corrected chi connectivity index (χ3v) is 4.01. The molecule has 0 saturated heterocycles. The van der Waals surface area contributed by atoms with E-state index in [9.17, 15) is 4.39 Å². The molecule has 2 aromatic rings. The zero-order valence-corrected chi connectivity index (χ0v) is 13.8. The van der Waals surface area contributed by atoms with Gasteiger partial charge in [0.15, 0.2) is 0 Å². The fourth-order valence-electron chi connectivity index (χ4n) is 1.93. The molecule has 0 fully saturated rings. The van der Waals surface area contributed by atoms with Gasteiger partial charge in [-0.3, -0.25) is 11.3 Å². The van der Waals surface area contributed by atoms with Gasteiger partial charge in [0, 0.05) is 14.1 Å². The van der Waals surface area contributed by atoms with Crippen molar-refractivity contribution in [1.29, 1.82) is 0 Å². The summed E-state index contributed by atoms with van der Waals surface area (Å²) in [5.41, 5.74) is 4.77. The second kappa shape index (κ2) is 6.78. The Balaban J connectivity index is 2.21. The van der Waals surface area contributed by atoms with Gasteiger partial charge in [-0.2, -0.15) is 0 Å². The zero-order valence-electron chi connectivity index (χ0n) is 10.0. The van der Waals surface area contributed by atoms with Gasteiger partial charge in [0.2, 0.25) is 0 Å². The van der Waals surface area contributed by atoms with Gasteiger partial charge in [-0.15, -0.1) is 0 Å². The van der Waals surface area contributed by atoms with Gasteiger partial charge in [-0.1, -0.05) is 28.1 Å². The lowest BCUT2D eigenvalue weighted by Crippen LogP contribution is -2.29. The molecule has 3 N–H and O–H groups in total. The summed E-state index contributed by atoms with van der Waals surface area (Å²) >= 11 is 5.55. The monoisotopic (exact) mass is 434 g/mol. The van der Waals surface area contributed by atoms with Gasteiger partial charge in [0.25, 0.3) is 0 Å². The van der Waals surface area contributed by atoms with Crippen molar-refractivity contribution in [3.63, 3.8) is 0 Å². The lowest BCUT2D eigenvalue weighted by Gasteiger charge is -2.17. The van der Waals surface area contributed by atoms with Crippen LogP contribution in [0.2, 0.25) is 0 Å². The number of hydrogen-bond donors (Lipinski definition) is 2. The molecule has 1 unspecified atom stereocenters. The molecule has 0 bridgehead atoms. The summed E-state index contributed by atoms with van der Waals surface area (Å²) in [6, 6.07) is 13.0. The largest absolute Gasteiger partial charge is 0.271 e. The van der Waals surface area contributed by atoms with Crippen LogP contribution < -0.4 is 11.3 Å². The van der Waals surface area contributed by atoms with E-state index in [-0.39, 0.29) is 11.9 Å². The Morgan fingerprint density at radius 3 is 2.47 bits per heavy atom. The van der Waals surface area contributed by atoms with E-state index in [1.807, 2.05) is 30.3 Å². The minimum atomic E-state index is -0.247. The molecule has 0 spiro atoms. The van der Waals surface area contributed by atoms with E-state index < -0.39 is 0 Å². The van der Waals surface area contributed by atoms with Crippen LogP contribution in [-0.2, 0) is 6.42 Å². The van der Waals surface area contributed by atoms with Crippen molar-refractivity contribution >= 4 is 38.5 Å². The highest BCUT2D eigenvalue weighted by Crippen LogP contribution is 2.22. The van der Waals surface area contributed by atoms with Crippen LogP contribution in [0.4, 0.5) is 4.39 Å². The number of nitrogens with one attached hydrogen (secondary N) is 1. The van der Waals surface area contributed by atoms with E-state index in [1.165, 1.54) is 15.7 Å². The Hall–Kier alpha value is -0.500. The normalized spacial score (nSPS) is 12.4. The number of halogens is 3. The number of benzene rings is 2. The molecular weight excluding hydrogens is 422 g/mol. The molecule has 1 atom stereocenters. The minimum Gasteiger partial charge on any atom is -0.271 e. The first-order valence-corrected chi connectivity index (χ1v) is 7.62. The maximum Gasteiger partial charge on any atom is 0.124 e. The first-order valence-electron chi connectivity index (χ1n) is 5.75. The molecular formula is C14H13BrFIN2. The van der Waals surface area contributed by atoms with Crippen LogP contribution in [0.15, 0.2) is 46.9 Å². The molecule has 0 aliphatic carbocycles. The summed E-state index contributed by atoms with van der Waals surface area (Å²) in [6.45, 7) is 0. The van der Waals surface area contributed by atoms with E-state index in [4.69, 9.17) is 5.84 Å². The van der Waals surface area contributed by atoms with E-state index in [0.29, 0.717) is 6.42 Å². The predicted molar refractivity (Wildman–Crippen MR) is 87.0 cm³/mol. The smallest absolute Gasteiger partial charge is 0.124 e. The van der Waals surface area contributed by atoms with E-state index in [1.54, 1.807) is 0 Å². The van der Waals surface area contributed by atoms with Crippen LogP contribution in [0.25, 0.3) is 0 Å². The molecule has 0 amide bonds. The number of rotatable bonds is 4. The maximum atomic E-state index is 13.4. The van der Waals surface area contributed by atoms with Crippen LogP contribution in [-0.4, -0.2) is 0 Å². The molecule has 2 nitrogen and oxygen atoms in total. The fraction of sp³-hybridized carbons (Fsp3) is 0.143. The second-order valence-corrected chi connectivity index (χ2v) is 6.41. The highest BCUT2D eigenvalue weighted by atomic mass is 127. The van der Waals surface area contributed by atoms with Crippen molar-refractivity contribution in [3.05, 3.63) is 67.5 Å². The quantitative estimate of drug-likeness (QED) is 0.434. The predicted octanol–water partition coefficient (Wildman–Crippen LogP) is 3.94. The summed E-state index contributed by atoms with van der Waals surface area (Å²) in [7, 11) is 0. The van der Waals surface area contributed by atoms with Crippen molar-refractivity contribution in [1.82, 2.24) is 5.43 Å². The Kier molecular flexibility index (Phi) is 5.32. The van der Waals surface area contributed by atoms with Crippen LogP contribution in [0.1, 0.15) is 17.2 Å². The molecule has 5 heteroatoms. The molecule has 0 saturated carbocycles. The van der Waals surface area contributed by atoms with Crippen molar-refractivity contribution in [2.45, 2.75) is 12.5 Å². The fourth-order valence-corrected chi connectivity index (χ4v) is 2.80. The van der Waals surface area contributed by atoms with Gasteiger partial charge >= 0.3 is 0 Å². The molecule has 19 heavy (non-hydrogen) atoms. The minimum absolute atomic E-state index is 0.0364. The number of nitrogens with two attached hydrogens (primary N) is 1. The Labute approximate surface area is 133 Å². The van der Waals surface area contributed by atoms with E-state index in [0.717, 1.165) is 15.6 Å². The topological polar surface area (TPSA) is 38.0 Å². The Morgan fingerprint density at radius 2 is 1.89 bits per heavy atom. The Bertz CT molecular complexity index is 540. The second-order valence-electron chi connectivity index (χ2n) is 4.25. The number of hydrazine groups is 1. The summed E-state index contributed by atoms with van der Waals surface area (Å²) in [6.07, 6.45) is 0.632. The van der Waals surface area contributed by atoms with Crippen LogP contribution in [0.5, 0.6) is 0 Å². The molecule has 0 heterocycles. The first-order chi connectivity index (χ1) is 9.08. The summed E-state index contributed by atoms with van der Waals surface area (Å²) in [5, 5.41) is 0. The van der Waals surface area contributed by atoms with Gasteiger partial charge in [0.1, 0.15) is 5.82 Å². The lowest BCUT2D eigenvalue weighted by atomic mass is 9.99. The summed E-state index contributed by atoms with van der Waals surface area (Å²) in [4.78, 5) is 0. The van der Waals surface area contributed by atoms with Crippen LogP contribution >= 0.6 is 38.5 Å². The average Bonchev–Trinajstić information content (AvgIpc) is 2.36. The SMILES string of the molecule is NNC(Cc1cc(F)cc(Br)c1)c1ccc(I)cc1. The third-order valence-electron chi connectivity index (χ3n) is 2.84. The maximum absolute atomic E-state index is 13.4. The third kappa shape index (κ3) is 4.24. The highest BCUT2D eigenvalue weighted by molar-refractivity contribution is 14.1. The molecule has 0 radical (unpaired) electrons. The van der Waals surface area contributed by atoms with Gasteiger partial charge in [0.05, 0.1) is 0 Å². The molecule has 100 valence electrons. The average molecular weight is 435 g/mol. The van der Waals surface area contributed by atoms with Crippen molar-refractivity contribution in [3.8, 4) is 0 Å². The van der Waals surface area contributed by atoms with Gasteiger partial charge in [-0.05, 0) is 70.5 Å². The molecule has 2 rings (SSSR count). The van der Waals surface area contributed by atoms with Crippen LogP contribution in [0.3, 0.4) is 0 Å². The first kappa shape index (κ1) is 14.9. The van der Waals surface area contributed by atoms with Gasteiger partial charge < -0.3 is 0 Å². The Morgan fingerprint density at radius 1 is 1.21 bits per heavy atom. The molecule has 0 aliphatic rings. The van der Waals surface area contributed by atoms with E-state index in [2.05, 4.69) is 43.9 Å². The summed E-state index contributed by atoms with van der Waals surface area (Å²) < 4.78 is 15.3. The van der Waals surface area contributed by atoms with Crippen LogP contribution in [0, 0.1) is 9.39 Å².